The second-order valence-corrected chi connectivity index (χ2v) is 4.63. The van der Waals surface area contributed by atoms with E-state index in [9.17, 15) is 0 Å². The third-order valence-electron chi connectivity index (χ3n) is 3.07. The molecule has 0 aliphatic rings. The van der Waals surface area contributed by atoms with Crippen LogP contribution in [0.5, 0.6) is 5.75 Å². The highest BCUT2D eigenvalue weighted by Crippen LogP contribution is 2.30. The van der Waals surface area contributed by atoms with Crippen LogP contribution in [-0.2, 0) is 0 Å². The Morgan fingerprint density at radius 3 is 2.64 bits per heavy atom. The van der Waals surface area contributed by atoms with Crippen LogP contribution in [0.15, 0.2) is 65.6 Å². The molecule has 5 nitrogen and oxygen atoms in total. The molecule has 2 N–H and O–H groups in total. The minimum absolute atomic E-state index is 0.361. The van der Waals surface area contributed by atoms with E-state index in [0.717, 1.165) is 5.56 Å². The van der Waals surface area contributed by atoms with Gasteiger partial charge in [-0.25, -0.2) is 0 Å². The van der Waals surface area contributed by atoms with Gasteiger partial charge in [0.1, 0.15) is 12.4 Å². The van der Waals surface area contributed by atoms with Crippen molar-refractivity contribution < 1.29 is 9.15 Å². The fourth-order valence-corrected chi connectivity index (χ4v) is 1.99. The van der Waals surface area contributed by atoms with E-state index < -0.39 is 0 Å². The van der Waals surface area contributed by atoms with Crippen LogP contribution in [0.2, 0.25) is 0 Å². The quantitative estimate of drug-likeness (QED) is 0.575. The monoisotopic (exact) mass is 293 g/mol. The molecule has 0 amide bonds. The normalized spacial score (nSPS) is 10.4. The topological polar surface area (TPSA) is 74.2 Å². The molecule has 0 aliphatic heterocycles. The van der Waals surface area contributed by atoms with Crippen LogP contribution in [-0.4, -0.2) is 16.8 Å². The first-order chi connectivity index (χ1) is 10.8. The number of nitrogens with two attached hydrogens (primary N) is 1. The summed E-state index contributed by atoms with van der Waals surface area (Å²) in [6, 6.07) is 14.9. The second kappa shape index (κ2) is 6.13. The van der Waals surface area contributed by atoms with Gasteiger partial charge < -0.3 is 14.9 Å². The minimum Gasteiger partial charge on any atom is -0.490 e. The molecular weight excluding hydrogens is 278 g/mol. The fourth-order valence-electron chi connectivity index (χ4n) is 1.99. The summed E-state index contributed by atoms with van der Waals surface area (Å²) in [4.78, 5) is 0. The number of hydrogen-bond acceptors (Lipinski definition) is 5. The van der Waals surface area contributed by atoms with Gasteiger partial charge in [0.15, 0.2) is 0 Å². The number of benzene rings is 2. The van der Waals surface area contributed by atoms with Crippen molar-refractivity contribution in [3.05, 3.63) is 61.2 Å². The van der Waals surface area contributed by atoms with Crippen LogP contribution in [0.25, 0.3) is 22.9 Å². The van der Waals surface area contributed by atoms with Crippen molar-refractivity contribution in [2.24, 2.45) is 0 Å². The maximum Gasteiger partial charge on any atom is 0.250 e. The average molecular weight is 293 g/mol. The molecule has 0 fully saturated rings. The summed E-state index contributed by atoms with van der Waals surface area (Å²) in [5, 5.41) is 8.14. The molecule has 110 valence electrons. The predicted octanol–water partition coefficient (Wildman–Crippen LogP) is 3.55. The van der Waals surface area contributed by atoms with Gasteiger partial charge in [-0.2, -0.15) is 0 Å². The fraction of sp³-hybridized carbons (Fsp3) is 0.0588. The van der Waals surface area contributed by atoms with Gasteiger partial charge in [0.05, 0.1) is 5.56 Å². The van der Waals surface area contributed by atoms with Crippen molar-refractivity contribution in [1.82, 2.24) is 10.2 Å². The third-order valence-corrected chi connectivity index (χ3v) is 3.07. The van der Waals surface area contributed by atoms with Crippen LogP contribution in [0, 0.1) is 0 Å². The lowest BCUT2D eigenvalue weighted by Crippen LogP contribution is -1.95. The molecule has 1 heterocycles. The van der Waals surface area contributed by atoms with E-state index in [2.05, 4.69) is 16.8 Å². The van der Waals surface area contributed by atoms with Gasteiger partial charge >= 0.3 is 0 Å². The van der Waals surface area contributed by atoms with Gasteiger partial charge in [-0.05, 0) is 30.3 Å². The van der Waals surface area contributed by atoms with E-state index in [1.54, 1.807) is 24.3 Å². The van der Waals surface area contributed by atoms with E-state index in [1.165, 1.54) is 0 Å². The van der Waals surface area contributed by atoms with E-state index in [1.807, 2.05) is 30.3 Å². The molecule has 5 heteroatoms. The number of rotatable bonds is 5. The van der Waals surface area contributed by atoms with Gasteiger partial charge in [0, 0.05) is 11.3 Å². The van der Waals surface area contributed by atoms with Gasteiger partial charge in [-0.1, -0.05) is 30.9 Å². The second-order valence-electron chi connectivity index (χ2n) is 4.63. The molecule has 3 aromatic rings. The van der Waals surface area contributed by atoms with Gasteiger partial charge in [0.2, 0.25) is 11.8 Å². The Bertz CT molecular complexity index is 782. The molecule has 2 aromatic carbocycles. The molecule has 0 atom stereocenters. The molecule has 3 rings (SSSR count). The largest absolute Gasteiger partial charge is 0.490 e. The number of anilines is 1. The van der Waals surface area contributed by atoms with Crippen molar-refractivity contribution in [2.75, 3.05) is 12.3 Å². The standard InChI is InChI=1S/C17H15N3O2/c1-2-10-21-13-8-9-15(18)14(11-13)17-20-19-16(22-17)12-6-4-3-5-7-12/h2-9,11H,1,10,18H2. The summed E-state index contributed by atoms with van der Waals surface area (Å²) >= 11 is 0. The summed E-state index contributed by atoms with van der Waals surface area (Å²) in [5.41, 5.74) is 8.05. The smallest absolute Gasteiger partial charge is 0.250 e. The third kappa shape index (κ3) is 2.83. The Morgan fingerprint density at radius 2 is 1.86 bits per heavy atom. The molecule has 0 saturated heterocycles. The van der Waals surface area contributed by atoms with E-state index >= 15 is 0 Å². The first-order valence-electron chi connectivity index (χ1n) is 6.80. The van der Waals surface area contributed by atoms with E-state index in [0.29, 0.717) is 35.4 Å². The molecule has 0 bridgehead atoms. The molecular formula is C17H15N3O2. The highest BCUT2D eigenvalue weighted by molar-refractivity contribution is 5.72. The van der Waals surface area contributed by atoms with Crippen molar-refractivity contribution in [3.63, 3.8) is 0 Å². The van der Waals surface area contributed by atoms with Crippen molar-refractivity contribution in [3.8, 4) is 28.7 Å². The zero-order valence-corrected chi connectivity index (χ0v) is 11.9. The maximum atomic E-state index is 5.99. The van der Waals surface area contributed by atoms with Crippen LogP contribution >= 0.6 is 0 Å². The molecule has 0 unspecified atom stereocenters. The summed E-state index contributed by atoms with van der Waals surface area (Å²) in [6.07, 6.45) is 1.68. The molecule has 0 saturated carbocycles. The number of aromatic nitrogens is 2. The van der Waals surface area contributed by atoms with Crippen molar-refractivity contribution >= 4 is 5.69 Å². The first-order valence-corrected chi connectivity index (χ1v) is 6.80. The number of hydrogen-bond donors (Lipinski definition) is 1. The number of nitrogens with zero attached hydrogens (tertiary/aromatic N) is 2. The number of nitrogen functional groups attached to an aromatic ring is 1. The highest BCUT2D eigenvalue weighted by Gasteiger charge is 2.13. The lowest BCUT2D eigenvalue weighted by Gasteiger charge is -2.06. The molecule has 0 aliphatic carbocycles. The first kappa shape index (κ1) is 13.9. The Balaban J connectivity index is 1.94. The Hall–Kier alpha value is -3.08. The number of ether oxygens (including phenoxy) is 1. The molecule has 1 aromatic heterocycles. The van der Waals surface area contributed by atoms with Gasteiger partial charge in [-0.3, -0.25) is 0 Å². The summed E-state index contributed by atoms with van der Waals surface area (Å²) in [6.45, 7) is 4.04. The van der Waals surface area contributed by atoms with Crippen LogP contribution in [0.3, 0.4) is 0 Å². The van der Waals surface area contributed by atoms with Crippen LogP contribution < -0.4 is 10.5 Å². The van der Waals surface area contributed by atoms with Gasteiger partial charge in [-0.15, -0.1) is 10.2 Å². The Kier molecular flexibility index (Phi) is 3.87. The van der Waals surface area contributed by atoms with Crippen molar-refractivity contribution in [1.29, 1.82) is 0 Å². The minimum atomic E-state index is 0.361. The molecule has 0 spiro atoms. The Labute approximate surface area is 128 Å². The van der Waals surface area contributed by atoms with Crippen LogP contribution in [0.1, 0.15) is 0 Å². The summed E-state index contributed by atoms with van der Waals surface area (Å²) in [5.74, 6) is 1.48. The van der Waals surface area contributed by atoms with E-state index in [-0.39, 0.29) is 0 Å². The lowest BCUT2D eigenvalue weighted by atomic mass is 10.1. The summed E-state index contributed by atoms with van der Waals surface area (Å²) in [7, 11) is 0. The average Bonchev–Trinajstić information content (AvgIpc) is 3.05. The van der Waals surface area contributed by atoms with E-state index in [4.69, 9.17) is 14.9 Å². The molecule has 0 radical (unpaired) electrons. The Morgan fingerprint density at radius 1 is 1.09 bits per heavy atom. The molecule has 22 heavy (non-hydrogen) atoms. The van der Waals surface area contributed by atoms with Gasteiger partial charge in [0.25, 0.3) is 0 Å². The highest BCUT2D eigenvalue weighted by atomic mass is 16.5. The van der Waals surface area contributed by atoms with Crippen LogP contribution in [0.4, 0.5) is 5.69 Å². The SMILES string of the molecule is C=CCOc1ccc(N)c(-c2nnc(-c3ccccc3)o2)c1. The predicted molar refractivity (Wildman–Crippen MR) is 85.3 cm³/mol. The summed E-state index contributed by atoms with van der Waals surface area (Å²) < 4.78 is 11.2. The lowest BCUT2D eigenvalue weighted by molar-refractivity contribution is 0.363. The zero-order valence-electron chi connectivity index (χ0n) is 11.9. The zero-order chi connectivity index (χ0) is 15.4. The van der Waals surface area contributed by atoms with Crippen molar-refractivity contribution in [2.45, 2.75) is 0 Å². The maximum absolute atomic E-state index is 5.99.